The van der Waals surface area contributed by atoms with Gasteiger partial charge in [-0.25, -0.2) is 0 Å². The molecule has 0 unspecified atom stereocenters. The van der Waals surface area contributed by atoms with Crippen molar-refractivity contribution in [1.82, 2.24) is 0 Å². The molecule has 0 amide bonds. The van der Waals surface area contributed by atoms with Crippen LogP contribution < -0.4 is 0 Å². The van der Waals surface area contributed by atoms with Crippen molar-refractivity contribution in [2.45, 2.75) is 12.8 Å². The van der Waals surface area contributed by atoms with Crippen LogP contribution in [0.1, 0.15) is 17.5 Å². The van der Waals surface area contributed by atoms with E-state index in [9.17, 15) is 9.90 Å². The molecule has 2 heteroatoms. The largest absolute Gasteiger partial charge is 0.508 e. The molecule has 1 aliphatic carbocycles. The maximum absolute atomic E-state index is 10.9. The monoisotopic (exact) mass is 160 g/mol. The van der Waals surface area contributed by atoms with Gasteiger partial charge in [-0.1, -0.05) is 12.1 Å². The fraction of sp³-hybridized carbons (Fsp3) is 0.200. The Morgan fingerprint density at radius 1 is 1.33 bits per heavy atom. The van der Waals surface area contributed by atoms with Crippen molar-refractivity contribution >= 4 is 5.78 Å². The molecule has 0 saturated heterocycles. The Morgan fingerprint density at radius 2 is 2.17 bits per heavy atom. The first kappa shape index (κ1) is 7.35. The number of phenols is 1. The first-order valence-corrected chi connectivity index (χ1v) is 3.88. The highest BCUT2D eigenvalue weighted by Gasteiger charge is 2.18. The van der Waals surface area contributed by atoms with E-state index < -0.39 is 0 Å². The van der Waals surface area contributed by atoms with Crippen LogP contribution in [0.3, 0.4) is 0 Å². The minimum absolute atomic E-state index is 0.0214. The van der Waals surface area contributed by atoms with Crippen molar-refractivity contribution in [3.8, 4) is 5.75 Å². The standard InChI is InChI=1S/C10H8O2/c11-8-4-5-9-7(6-8)2-1-3-10(9)12/h1-3,12H,4-5H2. The highest BCUT2D eigenvalue weighted by Crippen LogP contribution is 2.27. The van der Waals surface area contributed by atoms with Crippen molar-refractivity contribution < 1.29 is 9.90 Å². The summed E-state index contributed by atoms with van der Waals surface area (Å²) in [4.78, 5) is 10.9. The number of carbonyl (C=O) groups is 1. The van der Waals surface area contributed by atoms with Gasteiger partial charge in [0.25, 0.3) is 0 Å². The Hall–Kier alpha value is -1.31. The van der Waals surface area contributed by atoms with Gasteiger partial charge in [-0.2, -0.15) is 0 Å². The first-order chi connectivity index (χ1) is 5.77. The van der Waals surface area contributed by atoms with Gasteiger partial charge in [0, 0.05) is 6.42 Å². The number of ketones is 1. The average Bonchev–Trinajstić information content (AvgIpc) is 2.04. The van der Waals surface area contributed by atoms with Crippen LogP contribution in [0.5, 0.6) is 5.75 Å². The minimum Gasteiger partial charge on any atom is -0.508 e. The number of carbonyl (C=O) groups excluding carboxylic acids is 1. The first-order valence-electron chi connectivity index (χ1n) is 3.88. The summed E-state index contributed by atoms with van der Waals surface area (Å²) in [6.07, 6.45) is 3.80. The number of hydrogen-bond donors (Lipinski definition) is 1. The van der Waals surface area contributed by atoms with Crippen LogP contribution in [-0.2, 0) is 11.2 Å². The second-order valence-corrected chi connectivity index (χ2v) is 2.85. The SMILES string of the molecule is O=C1[C]c2cccc(O)c2CC1. The molecule has 12 heavy (non-hydrogen) atoms. The Bertz CT molecular complexity index is 329. The predicted octanol–water partition coefficient (Wildman–Crippen LogP) is 1.34. The van der Waals surface area contributed by atoms with Crippen molar-refractivity contribution in [2.24, 2.45) is 0 Å². The molecule has 0 saturated carbocycles. The van der Waals surface area contributed by atoms with Crippen LogP contribution in [0, 0.1) is 6.42 Å². The zero-order chi connectivity index (χ0) is 8.55. The van der Waals surface area contributed by atoms with E-state index in [0.717, 1.165) is 11.1 Å². The molecular weight excluding hydrogens is 152 g/mol. The van der Waals surface area contributed by atoms with Crippen molar-refractivity contribution in [2.75, 3.05) is 0 Å². The van der Waals surface area contributed by atoms with Gasteiger partial charge in [0.15, 0.2) is 0 Å². The van der Waals surface area contributed by atoms with E-state index >= 15 is 0 Å². The summed E-state index contributed by atoms with van der Waals surface area (Å²) in [6.45, 7) is 0. The number of fused-ring (bicyclic) bond motifs is 1. The van der Waals surface area contributed by atoms with E-state index in [1.807, 2.05) is 0 Å². The molecule has 0 bridgehead atoms. The quantitative estimate of drug-likeness (QED) is 0.621. The molecular formula is C10H8O2. The third kappa shape index (κ3) is 1.09. The number of aromatic hydroxyl groups is 1. The molecule has 0 atom stereocenters. The zero-order valence-corrected chi connectivity index (χ0v) is 6.50. The highest BCUT2D eigenvalue weighted by atomic mass is 16.3. The molecule has 0 heterocycles. The van der Waals surface area contributed by atoms with Crippen LogP contribution >= 0.6 is 0 Å². The van der Waals surface area contributed by atoms with E-state index in [1.54, 1.807) is 18.2 Å². The highest BCUT2D eigenvalue weighted by molar-refractivity contribution is 5.92. The molecule has 0 fully saturated rings. The van der Waals surface area contributed by atoms with Gasteiger partial charge in [-0.15, -0.1) is 0 Å². The number of Topliss-reactive ketones (excluding diaryl/α,β-unsaturated/α-hetero) is 1. The lowest BCUT2D eigenvalue weighted by molar-refractivity contribution is -0.115. The normalized spacial score (nSPS) is 15.8. The third-order valence-electron chi connectivity index (χ3n) is 2.03. The van der Waals surface area contributed by atoms with Gasteiger partial charge in [-0.3, -0.25) is 4.79 Å². The summed E-state index contributed by atoms with van der Waals surface area (Å²) in [7, 11) is 0. The second-order valence-electron chi connectivity index (χ2n) is 2.85. The smallest absolute Gasteiger partial charge is 0.146 e. The summed E-state index contributed by atoms with van der Waals surface area (Å²) in [5.41, 5.74) is 1.59. The minimum atomic E-state index is 0.0214. The number of hydrogen-bond acceptors (Lipinski definition) is 2. The van der Waals surface area contributed by atoms with Crippen molar-refractivity contribution in [3.63, 3.8) is 0 Å². The van der Waals surface area contributed by atoms with E-state index in [0.29, 0.717) is 12.8 Å². The topological polar surface area (TPSA) is 37.3 Å². The molecule has 2 nitrogen and oxygen atoms in total. The van der Waals surface area contributed by atoms with E-state index in [1.165, 1.54) is 0 Å². The average molecular weight is 160 g/mol. The Balaban J connectivity index is 2.48. The maximum atomic E-state index is 10.9. The molecule has 2 radical (unpaired) electrons. The Morgan fingerprint density at radius 3 is 3.00 bits per heavy atom. The van der Waals surface area contributed by atoms with Crippen LogP contribution in [-0.4, -0.2) is 10.9 Å². The summed E-state index contributed by atoms with van der Waals surface area (Å²) in [6, 6.07) is 5.15. The number of rotatable bonds is 0. The molecule has 0 aromatic heterocycles. The summed E-state index contributed by atoms with van der Waals surface area (Å²) in [5, 5.41) is 9.39. The lowest BCUT2D eigenvalue weighted by Crippen LogP contribution is -2.10. The second kappa shape index (κ2) is 2.63. The lowest BCUT2D eigenvalue weighted by Gasteiger charge is -2.14. The van der Waals surface area contributed by atoms with Crippen LogP contribution in [0.2, 0.25) is 0 Å². The maximum Gasteiger partial charge on any atom is 0.146 e. The fourth-order valence-corrected chi connectivity index (χ4v) is 1.41. The molecule has 0 spiro atoms. The van der Waals surface area contributed by atoms with Crippen molar-refractivity contribution in [3.05, 3.63) is 35.7 Å². The van der Waals surface area contributed by atoms with E-state index in [-0.39, 0.29) is 11.5 Å². The van der Waals surface area contributed by atoms with Gasteiger partial charge in [0.2, 0.25) is 0 Å². The summed E-state index contributed by atoms with van der Waals surface area (Å²) < 4.78 is 0. The third-order valence-corrected chi connectivity index (χ3v) is 2.03. The molecule has 0 aliphatic heterocycles. The summed E-state index contributed by atoms with van der Waals surface area (Å²) >= 11 is 0. The van der Waals surface area contributed by atoms with E-state index in [4.69, 9.17) is 0 Å². The summed E-state index contributed by atoms with van der Waals surface area (Å²) in [5.74, 6) is 0.292. The molecule has 60 valence electrons. The molecule has 1 aliphatic rings. The Labute approximate surface area is 70.8 Å². The number of phenolic OH excluding ortho intramolecular Hbond substituents is 1. The molecule has 1 N–H and O–H groups in total. The van der Waals surface area contributed by atoms with Gasteiger partial charge in [0.05, 0.1) is 6.42 Å². The van der Waals surface area contributed by atoms with Crippen LogP contribution in [0.4, 0.5) is 0 Å². The van der Waals surface area contributed by atoms with Gasteiger partial charge in [0.1, 0.15) is 11.5 Å². The predicted molar refractivity (Wildman–Crippen MR) is 43.8 cm³/mol. The zero-order valence-electron chi connectivity index (χ0n) is 6.50. The van der Waals surface area contributed by atoms with E-state index in [2.05, 4.69) is 6.42 Å². The van der Waals surface area contributed by atoms with Gasteiger partial charge in [-0.05, 0) is 23.6 Å². The van der Waals surface area contributed by atoms with Crippen LogP contribution in [0.25, 0.3) is 0 Å². The fourth-order valence-electron chi connectivity index (χ4n) is 1.41. The molecule has 1 aromatic rings. The molecule has 1 aromatic carbocycles. The molecule has 2 rings (SSSR count). The number of benzene rings is 1. The van der Waals surface area contributed by atoms with Crippen molar-refractivity contribution in [1.29, 1.82) is 0 Å². The van der Waals surface area contributed by atoms with Crippen LogP contribution in [0.15, 0.2) is 18.2 Å². The lowest BCUT2D eigenvalue weighted by atomic mass is 9.90. The van der Waals surface area contributed by atoms with Gasteiger partial charge >= 0.3 is 0 Å². The Kier molecular flexibility index (Phi) is 1.61. The van der Waals surface area contributed by atoms with Gasteiger partial charge < -0.3 is 5.11 Å².